The van der Waals surface area contributed by atoms with Gasteiger partial charge in [-0.15, -0.1) is 6.58 Å². The molecule has 4 heteroatoms. The van der Waals surface area contributed by atoms with E-state index in [-0.39, 0.29) is 0 Å². The number of carbonyl (C=O) groups is 1. The first kappa shape index (κ1) is 13.0. The largest absolute Gasteiger partial charge is 0.442 e. The molecule has 0 aliphatic heterocycles. The highest BCUT2D eigenvalue weighted by molar-refractivity contribution is 5.66. The van der Waals surface area contributed by atoms with E-state index in [2.05, 4.69) is 6.58 Å². The van der Waals surface area contributed by atoms with Gasteiger partial charge in [0.1, 0.15) is 5.60 Å². The van der Waals surface area contributed by atoms with E-state index in [0.717, 1.165) is 5.06 Å². The molecule has 0 aromatic heterocycles. The highest BCUT2D eigenvalue weighted by Crippen LogP contribution is 2.09. The number of hydrogen-bond donors (Lipinski definition) is 0. The van der Waals surface area contributed by atoms with Crippen molar-refractivity contribution in [3.05, 3.63) is 12.7 Å². The summed E-state index contributed by atoms with van der Waals surface area (Å²) in [6, 6.07) is 0. The molecule has 0 aromatic rings. The lowest BCUT2D eigenvalue weighted by Crippen LogP contribution is -2.34. The summed E-state index contributed by atoms with van der Waals surface area (Å²) in [5.41, 5.74) is -0.493. The molecule has 0 radical (unpaired) electrons. The third kappa shape index (κ3) is 6.48. The van der Waals surface area contributed by atoms with Crippen molar-refractivity contribution in [2.24, 2.45) is 0 Å². The molecule has 14 heavy (non-hydrogen) atoms. The van der Waals surface area contributed by atoms with Gasteiger partial charge in [-0.25, -0.2) is 4.79 Å². The van der Waals surface area contributed by atoms with Crippen LogP contribution in [0, 0.1) is 0 Å². The molecular weight excluding hydrogens is 182 g/mol. The number of hydrogen-bond acceptors (Lipinski definition) is 3. The average molecular weight is 201 g/mol. The summed E-state index contributed by atoms with van der Waals surface area (Å²) in [7, 11) is 1.52. The first-order chi connectivity index (χ1) is 6.37. The van der Waals surface area contributed by atoms with Gasteiger partial charge in [0.25, 0.3) is 0 Å². The lowest BCUT2D eigenvalue weighted by atomic mass is 10.2. The fraction of sp³-hybridized carbons (Fsp3) is 0.700. The summed E-state index contributed by atoms with van der Waals surface area (Å²) in [6.45, 7) is 9.40. The van der Waals surface area contributed by atoms with Crippen LogP contribution in [0.1, 0.15) is 27.2 Å². The molecule has 0 atom stereocenters. The molecule has 4 nitrogen and oxygen atoms in total. The predicted octanol–water partition coefficient (Wildman–Crippen LogP) is 2.36. The Bertz CT molecular complexity index is 196. The summed E-state index contributed by atoms with van der Waals surface area (Å²) >= 11 is 0. The van der Waals surface area contributed by atoms with E-state index in [4.69, 9.17) is 9.57 Å². The van der Waals surface area contributed by atoms with Crippen LogP contribution in [-0.4, -0.2) is 30.4 Å². The van der Waals surface area contributed by atoms with Crippen LogP contribution in [0.15, 0.2) is 12.7 Å². The Balaban J connectivity index is 3.82. The highest BCUT2D eigenvalue weighted by atomic mass is 16.7. The molecule has 0 aliphatic carbocycles. The first-order valence-corrected chi connectivity index (χ1v) is 4.57. The van der Waals surface area contributed by atoms with Gasteiger partial charge in [0, 0.05) is 7.05 Å². The maximum Gasteiger partial charge on any atom is 0.434 e. The SMILES string of the molecule is C=CCCON(C)C(=O)OC(C)(C)C. The monoisotopic (exact) mass is 201 g/mol. The van der Waals surface area contributed by atoms with Crippen molar-refractivity contribution in [3.8, 4) is 0 Å². The van der Waals surface area contributed by atoms with Crippen molar-refractivity contribution in [2.45, 2.75) is 32.8 Å². The molecule has 0 N–H and O–H groups in total. The topological polar surface area (TPSA) is 38.8 Å². The van der Waals surface area contributed by atoms with Crippen molar-refractivity contribution in [3.63, 3.8) is 0 Å². The Morgan fingerprint density at radius 1 is 1.50 bits per heavy atom. The Kier molecular flexibility index (Phi) is 5.23. The molecule has 0 aliphatic rings. The molecule has 0 heterocycles. The maximum atomic E-state index is 11.3. The van der Waals surface area contributed by atoms with Gasteiger partial charge in [0.05, 0.1) is 6.61 Å². The molecule has 0 unspecified atom stereocenters. The molecule has 0 spiro atoms. The fourth-order valence-corrected chi connectivity index (χ4v) is 0.652. The van der Waals surface area contributed by atoms with Crippen molar-refractivity contribution in [1.29, 1.82) is 0 Å². The normalized spacial score (nSPS) is 10.9. The summed E-state index contributed by atoms with van der Waals surface area (Å²) in [5, 5.41) is 1.09. The molecular formula is C10H19NO3. The third-order valence-corrected chi connectivity index (χ3v) is 1.26. The zero-order chi connectivity index (χ0) is 11.2. The first-order valence-electron chi connectivity index (χ1n) is 4.57. The number of carbonyl (C=O) groups excluding carboxylic acids is 1. The Morgan fingerprint density at radius 3 is 2.50 bits per heavy atom. The highest BCUT2D eigenvalue weighted by Gasteiger charge is 2.19. The van der Waals surface area contributed by atoms with Gasteiger partial charge in [0.2, 0.25) is 0 Å². The molecule has 0 bridgehead atoms. The fourth-order valence-electron chi connectivity index (χ4n) is 0.652. The smallest absolute Gasteiger partial charge is 0.434 e. The molecule has 0 saturated carbocycles. The van der Waals surface area contributed by atoms with Gasteiger partial charge in [-0.2, -0.15) is 5.06 Å². The minimum atomic E-state index is -0.493. The van der Waals surface area contributed by atoms with Crippen molar-refractivity contribution < 1.29 is 14.4 Å². The van der Waals surface area contributed by atoms with Gasteiger partial charge in [0.15, 0.2) is 0 Å². The van der Waals surface area contributed by atoms with Crippen LogP contribution < -0.4 is 0 Å². The molecule has 82 valence electrons. The number of ether oxygens (including phenoxy) is 1. The van der Waals surface area contributed by atoms with Crippen LogP contribution in [0.25, 0.3) is 0 Å². The van der Waals surface area contributed by atoms with Crippen LogP contribution >= 0.6 is 0 Å². The van der Waals surface area contributed by atoms with Crippen LogP contribution in [-0.2, 0) is 9.57 Å². The second kappa shape index (κ2) is 5.65. The van der Waals surface area contributed by atoms with Crippen LogP contribution in [0.5, 0.6) is 0 Å². The third-order valence-electron chi connectivity index (χ3n) is 1.26. The van der Waals surface area contributed by atoms with Gasteiger partial charge in [-0.3, -0.25) is 4.84 Å². The molecule has 0 fully saturated rings. The van der Waals surface area contributed by atoms with E-state index >= 15 is 0 Å². The quantitative estimate of drug-likeness (QED) is 0.398. The summed E-state index contributed by atoms with van der Waals surface area (Å²) in [6.07, 6.45) is 1.94. The second-order valence-electron chi connectivity index (χ2n) is 3.89. The summed E-state index contributed by atoms with van der Waals surface area (Å²) in [5.74, 6) is 0. The van der Waals surface area contributed by atoms with Gasteiger partial charge < -0.3 is 4.74 Å². The van der Waals surface area contributed by atoms with Crippen molar-refractivity contribution in [1.82, 2.24) is 5.06 Å². The number of amides is 1. The van der Waals surface area contributed by atoms with Crippen molar-refractivity contribution >= 4 is 6.09 Å². The molecule has 0 aromatic carbocycles. The summed E-state index contributed by atoms with van der Waals surface area (Å²) < 4.78 is 5.07. The number of rotatable bonds is 4. The molecule has 0 saturated heterocycles. The minimum Gasteiger partial charge on any atom is -0.442 e. The average Bonchev–Trinajstić information content (AvgIpc) is 2.01. The zero-order valence-corrected chi connectivity index (χ0v) is 9.37. The summed E-state index contributed by atoms with van der Waals surface area (Å²) in [4.78, 5) is 16.4. The molecule has 0 rings (SSSR count). The van der Waals surface area contributed by atoms with Crippen LogP contribution in [0.3, 0.4) is 0 Å². The van der Waals surface area contributed by atoms with Crippen molar-refractivity contribution in [2.75, 3.05) is 13.7 Å². The Morgan fingerprint density at radius 2 is 2.07 bits per heavy atom. The lowest BCUT2D eigenvalue weighted by molar-refractivity contribution is -0.129. The van der Waals surface area contributed by atoms with E-state index in [1.807, 2.05) is 20.8 Å². The standard InChI is InChI=1S/C10H19NO3/c1-6-7-8-13-11(5)9(12)14-10(2,3)4/h6H,1,7-8H2,2-5H3. The van der Waals surface area contributed by atoms with E-state index in [0.29, 0.717) is 13.0 Å². The molecule has 1 amide bonds. The van der Waals surface area contributed by atoms with E-state index < -0.39 is 11.7 Å². The maximum absolute atomic E-state index is 11.3. The van der Waals surface area contributed by atoms with E-state index in [9.17, 15) is 4.79 Å². The number of hydroxylamine groups is 2. The second-order valence-corrected chi connectivity index (χ2v) is 3.89. The van der Waals surface area contributed by atoms with E-state index in [1.54, 1.807) is 6.08 Å². The zero-order valence-electron chi connectivity index (χ0n) is 9.37. The van der Waals surface area contributed by atoms with Gasteiger partial charge in [-0.05, 0) is 27.2 Å². The Hall–Kier alpha value is -1.03. The van der Waals surface area contributed by atoms with Crippen LogP contribution in [0.4, 0.5) is 4.79 Å². The predicted molar refractivity (Wildman–Crippen MR) is 54.8 cm³/mol. The van der Waals surface area contributed by atoms with Crippen LogP contribution in [0.2, 0.25) is 0 Å². The minimum absolute atomic E-state index is 0.430. The van der Waals surface area contributed by atoms with E-state index in [1.165, 1.54) is 7.05 Å². The Labute approximate surface area is 85.4 Å². The lowest BCUT2D eigenvalue weighted by Gasteiger charge is -2.23. The van der Waals surface area contributed by atoms with Gasteiger partial charge >= 0.3 is 6.09 Å². The number of nitrogens with zero attached hydrogens (tertiary/aromatic N) is 1. The van der Waals surface area contributed by atoms with Gasteiger partial charge in [-0.1, -0.05) is 6.08 Å².